The molecule has 0 nitrogen and oxygen atoms in total. The molecule has 0 aromatic heterocycles. The largest absolute Gasteiger partial charge is 0.0648 e. The summed E-state index contributed by atoms with van der Waals surface area (Å²) in [7, 11) is 0. The maximum absolute atomic E-state index is 2.35. The standard InChI is InChI=1S/C17H17/c1-3-12(2)13-8-9-17-15(10-13)11-14-6-4-5-7-16(14)17/h4-12H,3H2,1-2H3. The molecule has 17 heavy (non-hydrogen) atoms. The topological polar surface area (TPSA) is 0 Å². The van der Waals surface area contributed by atoms with Gasteiger partial charge in [0.05, 0.1) is 0 Å². The molecule has 0 N–H and O–H groups in total. The zero-order valence-corrected chi connectivity index (χ0v) is 10.4. The van der Waals surface area contributed by atoms with Crippen LogP contribution in [-0.4, -0.2) is 0 Å². The molecule has 2 aromatic rings. The normalized spacial score (nSPS) is 14.2. The van der Waals surface area contributed by atoms with Crippen molar-refractivity contribution in [3.8, 4) is 11.1 Å². The van der Waals surface area contributed by atoms with E-state index >= 15 is 0 Å². The Kier molecular flexibility index (Phi) is 2.51. The van der Waals surface area contributed by atoms with Gasteiger partial charge in [0.2, 0.25) is 0 Å². The van der Waals surface area contributed by atoms with E-state index < -0.39 is 0 Å². The second-order valence-corrected chi connectivity index (χ2v) is 4.89. The Labute approximate surface area is 103 Å². The summed E-state index contributed by atoms with van der Waals surface area (Å²) in [5, 5.41) is 0. The molecular weight excluding hydrogens is 204 g/mol. The highest BCUT2D eigenvalue weighted by Gasteiger charge is 2.18. The van der Waals surface area contributed by atoms with Crippen molar-refractivity contribution < 1.29 is 0 Å². The van der Waals surface area contributed by atoms with Crippen molar-refractivity contribution in [3.63, 3.8) is 0 Å². The molecule has 0 saturated heterocycles. The first-order valence-corrected chi connectivity index (χ1v) is 6.37. The molecule has 0 saturated carbocycles. The van der Waals surface area contributed by atoms with Gasteiger partial charge in [-0.15, -0.1) is 0 Å². The second kappa shape index (κ2) is 4.03. The lowest BCUT2D eigenvalue weighted by Crippen LogP contribution is -1.92. The fourth-order valence-electron chi connectivity index (χ4n) is 2.52. The number of benzene rings is 2. The van der Waals surface area contributed by atoms with Gasteiger partial charge in [0.1, 0.15) is 0 Å². The highest BCUT2D eigenvalue weighted by molar-refractivity contribution is 5.81. The third-order valence-corrected chi connectivity index (χ3v) is 3.82. The van der Waals surface area contributed by atoms with Crippen LogP contribution >= 0.6 is 0 Å². The molecule has 0 heteroatoms. The van der Waals surface area contributed by atoms with E-state index in [0.29, 0.717) is 5.92 Å². The van der Waals surface area contributed by atoms with Crippen LogP contribution in [0.4, 0.5) is 0 Å². The van der Waals surface area contributed by atoms with Crippen LogP contribution in [0, 0.1) is 6.42 Å². The molecule has 1 aliphatic carbocycles. The van der Waals surface area contributed by atoms with Gasteiger partial charge < -0.3 is 0 Å². The monoisotopic (exact) mass is 221 g/mol. The average molecular weight is 221 g/mol. The van der Waals surface area contributed by atoms with E-state index in [9.17, 15) is 0 Å². The summed E-state index contributed by atoms with van der Waals surface area (Å²) in [6.07, 6.45) is 3.50. The van der Waals surface area contributed by atoms with Gasteiger partial charge in [-0.05, 0) is 40.2 Å². The molecule has 1 aliphatic rings. The molecule has 0 amide bonds. The molecular formula is C17H17. The van der Waals surface area contributed by atoms with Crippen molar-refractivity contribution in [3.05, 3.63) is 65.6 Å². The Bertz CT molecular complexity index is 552. The minimum absolute atomic E-state index is 0.650. The summed E-state index contributed by atoms with van der Waals surface area (Å²) in [6, 6.07) is 15.5. The van der Waals surface area contributed by atoms with E-state index in [-0.39, 0.29) is 0 Å². The highest BCUT2D eigenvalue weighted by Crippen LogP contribution is 2.39. The smallest absolute Gasteiger partial charge is 0.0212 e. The number of hydrogen-bond acceptors (Lipinski definition) is 0. The van der Waals surface area contributed by atoms with Crippen LogP contribution in [0.5, 0.6) is 0 Å². The van der Waals surface area contributed by atoms with Gasteiger partial charge >= 0.3 is 0 Å². The number of hydrogen-bond donors (Lipinski definition) is 0. The van der Waals surface area contributed by atoms with Gasteiger partial charge in [-0.2, -0.15) is 0 Å². The summed E-state index contributed by atoms with van der Waals surface area (Å²) < 4.78 is 0. The first-order chi connectivity index (χ1) is 8.29. The quantitative estimate of drug-likeness (QED) is 0.584. The van der Waals surface area contributed by atoms with Crippen LogP contribution in [0.1, 0.15) is 42.9 Å². The SMILES string of the molecule is CCC(C)c1ccc2c(c1)[CH]c1ccccc1-2. The van der Waals surface area contributed by atoms with Gasteiger partial charge in [0.15, 0.2) is 0 Å². The van der Waals surface area contributed by atoms with E-state index in [0.717, 1.165) is 0 Å². The lowest BCUT2D eigenvalue weighted by Gasteiger charge is -2.10. The summed E-state index contributed by atoms with van der Waals surface area (Å²) in [5.74, 6) is 0.650. The second-order valence-electron chi connectivity index (χ2n) is 4.89. The maximum Gasteiger partial charge on any atom is 0.0212 e. The molecule has 0 fully saturated rings. The van der Waals surface area contributed by atoms with Crippen molar-refractivity contribution in [2.45, 2.75) is 26.2 Å². The number of fused-ring (bicyclic) bond motifs is 3. The molecule has 0 bridgehead atoms. The Morgan fingerprint density at radius 1 is 0.941 bits per heavy atom. The van der Waals surface area contributed by atoms with Crippen molar-refractivity contribution in [2.24, 2.45) is 0 Å². The molecule has 3 rings (SSSR count). The molecule has 1 radical (unpaired) electrons. The van der Waals surface area contributed by atoms with Crippen LogP contribution < -0.4 is 0 Å². The van der Waals surface area contributed by atoms with Gasteiger partial charge in [0, 0.05) is 6.42 Å². The van der Waals surface area contributed by atoms with Gasteiger partial charge in [-0.25, -0.2) is 0 Å². The van der Waals surface area contributed by atoms with Crippen LogP contribution in [-0.2, 0) is 0 Å². The van der Waals surface area contributed by atoms with E-state index in [1.165, 1.54) is 34.2 Å². The fourth-order valence-corrected chi connectivity index (χ4v) is 2.52. The zero-order valence-electron chi connectivity index (χ0n) is 10.4. The third kappa shape index (κ3) is 1.68. The predicted octanol–water partition coefficient (Wildman–Crippen LogP) is 4.78. The number of rotatable bonds is 2. The van der Waals surface area contributed by atoms with E-state index in [1.54, 1.807) is 0 Å². The molecule has 0 spiro atoms. The summed E-state index contributed by atoms with van der Waals surface area (Å²) in [4.78, 5) is 0. The van der Waals surface area contributed by atoms with Crippen LogP contribution in [0.25, 0.3) is 11.1 Å². The van der Waals surface area contributed by atoms with Crippen molar-refractivity contribution in [2.75, 3.05) is 0 Å². The van der Waals surface area contributed by atoms with Crippen LogP contribution in [0.15, 0.2) is 42.5 Å². The Hall–Kier alpha value is -1.56. The summed E-state index contributed by atoms with van der Waals surface area (Å²) in [6.45, 7) is 4.54. The first kappa shape index (κ1) is 10.6. The van der Waals surface area contributed by atoms with Crippen molar-refractivity contribution in [1.29, 1.82) is 0 Å². The lowest BCUT2D eigenvalue weighted by atomic mass is 9.94. The molecule has 0 aliphatic heterocycles. The highest BCUT2D eigenvalue weighted by atomic mass is 14.2. The Balaban J connectivity index is 2.07. The summed E-state index contributed by atoms with van der Waals surface area (Å²) in [5.41, 5.74) is 6.94. The zero-order chi connectivity index (χ0) is 11.8. The van der Waals surface area contributed by atoms with Crippen LogP contribution in [0.3, 0.4) is 0 Å². The van der Waals surface area contributed by atoms with Crippen LogP contribution in [0.2, 0.25) is 0 Å². The lowest BCUT2D eigenvalue weighted by molar-refractivity contribution is 0.733. The predicted molar refractivity (Wildman–Crippen MR) is 73.1 cm³/mol. The van der Waals surface area contributed by atoms with Gasteiger partial charge in [0.25, 0.3) is 0 Å². The van der Waals surface area contributed by atoms with Crippen molar-refractivity contribution >= 4 is 0 Å². The average Bonchev–Trinajstić information content (AvgIpc) is 2.75. The molecule has 85 valence electrons. The molecule has 1 unspecified atom stereocenters. The fraction of sp³-hybridized carbons (Fsp3) is 0.235. The first-order valence-electron chi connectivity index (χ1n) is 6.37. The van der Waals surface area contributed by atoms with Crippen molar-refractivity contribution in [1.82, 2.24) is 0 Å². The van der Waals surface area contributed by atoms with Gasteiger partial charge in [-0.3, -0.25) is 0 Å². The molecule has 0 heterocycles. The minimum Gasteiger partial charge on any atom is -0.0648 e. The third-order valence-electron chi connectivity index (χ3n) is 3.82. The van der Waals surface area contributed by atoms with E-state index in [1.807, 2.05) is 0 Å². The Morgan fingerprint density at radius 2 is 1.71 bits per heavy atom. The van der Waals surface area contributed by atoms with E-state index in [2.05, 4.69) is 62.7 Å². The Morgan fingerprint density at radius 3 is 2.53 bits per heavy atom. The molecule has 2 aromatic carbocycles. The minimum atomic E-state index is 0.650. The molecule has 1 atom stereocenters. The maximum atomic E-state index is 2.35. The van der Waals surface area contributed by atoms with E-state index in [4.69, 9.17) is 0 Å². The summed E-state index contributed by atoms with van der Waals surface area (Å²) >= 11 is 0. The van der Waals surface area contributed by atoms with Gasteiger partial charge in [-0.1, -0.05) is 56.3 Å².